The standard InChI is InChI=1S/C16H17BrFNO2/c1-3-19(13-6-4-5-12(18)9-13)10-11-7-14(17)16(20)15(8-11)21-2/h4-9,20H,3,10H2,1-2H3. The average molecular weight is 354 g/mol. The molecule has 0 spiro atoms. The zero-order valence-corrected chi connectivity index (χ0v) is 13.5. The molecule has 0 aromatic heterocycles. The summed E-state index contributed by atoms with van der Waals surface area (Å²) in [4.78, 5) is 2.04. The Morgan fingerprint density at radius 2 is 2.05 bits per heavy atom. The van der Waals surface area contributed by atoms with Crippen LogP contribution < -0.4 is 9.64 Å². The highest BCUT2D eigenvalue weighted by Gasteiger charge is 2.12. The molecular weight excluding hydrogens is 337 g/mol. The predicted octanol–water partition coefficient (Wildman–Crippen LogP) is 4.33. The second-order valence-electron chi connectivity index (χ2n) is 4.62. The van der Waals surface area contributed by atoms with E-state index in [1.54, 1.807) is 12.1 Å². The number of halogens is 2. The Labute approximate surface area is 132 Å². The number of aromatic hydroxyl groups is 1. The topological polar surface area (TPSA) is 32.7 Å². The summed E-state index contributed by atoms with van der Waals surface area (Å²) in [7, 11) is 1.51. The van der Waals surface area contributed by atoms with Gasteiger partial charge in [0.05, 0.1) is 11.6 Å². The van der Waals surface area contributed by atoms with Gasteiger partial charge >= 0.3 is 0 Å². The molecule has 2 aromatic carbocycles. The Balaban J connectivity index is 2.29. The number of phenolic OH excluding ortho intramolecular Hbond substituents is 1. The van der Waals surface area contributed by atoms with Crippen LogP contribution in [0.3, 0.4) is 0 Å². The number of rotatable bonds is 5. The van der Waals surface area contributed by atoms with Gasteiger partial charge in [0.1, 0.15) is 5.82 Å². The molecule has 0 atom stereocenters. The van der Waals surface area contributed by atoms with Crippen molar-refractivity contribution in [3.63, 3.8) is 0 Å². The van der Waals surface area contributed by atoms with E-state index >= 15 is 0 Å². The van der Waals surface area contributed by atoms with E-state index in [1.807, 2.05) is 24.0 Å². The highest BCUT2D eigenvalue weighted by molar-refractivity contribution is 9.10. The molecule has 0 saturated carbocycles. The van der Waals surface area contributed by atoms with Crippen LogP contribution in [0.4, 0.5) is 10.1 Å². The van der Waals surface area contributed by atoms with E-state index in [4.69, 9.17) is 4.74 Å². The van der Waals surface area contributed by atoms with Crippen molar-refractivity contribution in [2.45, 2.75) is 13.5 Å². The van der Waals surface area contributed by atoms with Gasteiger partial charge in [0.25, 0.3) is 0 Å². The summed E-state index contributed by atoms with van der Waals surface area (Å²) in [5.74, 6) is 0.236. The number of anilines is 1. The average Bonchev–Trinajstić information content (AvgIpc) is 2.48. The molecule has 2 rings (SSSR count). The van der Waals surface area contributed by atoms with Crippen molar-refractivity contribution in [1.29, 1.82) is 0 Å². The molecule has 112 valence electrons. The van der Waals surface area contributed by atoms with Crippen LogP contribution in [0.5, 0.6) is 11.5 Å². The Morgan fingerprint density at radius 1 is 1.29 bits per heavy atom. The lowest BCUT2D eigenvalue weighted by molar-refractivity contribution is 0.371. The third-order valence-electron chi connectivity index (χ3n) is 3.24. The molecule has 2 aromatic rings. The largest absolute Gasteiger partial charge is 0.503 e. The predicted molar refractivity (Wildman–Crippen MR) is 85.5 cm³/mol. The minimum atomic E-state index is -0.254. The lowest BCUT2D eigenvalue weighted by Gasteiger charge is -2.24. The summed E-state index contributed by atoms with van der Waals surface area (Å²) < 4.78 is 19.1. The Morgan fingerprint density at radius 3 is 2.67 bits per heavy atom. The summed E-state index contributed by atoms with van der Waals surface area (Å²) in [6, 6.07) is 10.1. The zero-order valence-electron chi connectivity index (χ0n) is 11.9. The monoisotopic (exact) mass is 353 g/mol. The quantitative estimate of drug-likeness (QED) is 0.868. The Kier molecular flexibility index (Phi) is 5.07. The van der Waals surface area contributed by atoms with Crippen molar-refractivity contribution in [3.05, 3.63) is 52.3 Å². The number of nitrogens with zero attached hydrogens (tertiary/aromatic N) is 1. The van der Waals surface area contributed by atoms with E-state index in [2.05, 4.69) is 15.9 Å². The SMILES string of the molecule is CCN(Cc1cc(Br)c(O)c(OC)c1)c1cccc(F)c1. The summed E-state index contributed by atoms with van der Waals surface area (Å²) in [5.41, 5.74) is 1.78. The number of hydrogen-bond acceptors (Lipinski definition) is 3. The van der Waals surface area contributed by atoms with E-state index in [0.29, 0.717) is 16.8 Å². The third-order valence-corrected chi connectivity index (χ3v) is 3.84. The Bertz CT molecular complexity index is 634. The van der Waals surface area contributed by atoms with Gasteiger partial charge in [-0.25, -0.2) is 4.39 Å². The maximum atomic E-state index is 13.4. The molecule has 0 heterocycles. The van der Waals surface area contributed by atoms with Crippen LogP contribution in [0.2, 0.25) is 0 Å². The Hall–Kier alpha value is -1.75. The molecule has 3 nitrogen and oxygen atoms in total. The molecule has 1 N–H and O–H groups in total. The van der Waals surface area contributed by atoms with Crippen LogP contribution >= 0.6 is 15.9 Å². The van der Waals surface area contributed by atoms with E-state index in [1.165, 1.54) is 19.2 Å². The van der Waals surface area contributed by atoms with Gasteiger partial charge in [0, 0.05) is 18.8 Å². The maximum Gasteiger partial charge on any atom is 0.172 e. The van der Waals surface area contributed by atoms with Crippen LogP contribution in [-0.2, 0) is 6.54 Å². The third kappa shape index (κ3) is 3.67. The van der Waals surface area contributed by atoms with E-state index in [9.17, 15) is 9.50 Å². The molecule has 21 heavy (non-hydrogen) atoms. The minimum absolute atomic E-state index is 0.0788. The molecule has 5 heteroatoms. The fraction of sp³-hybridized carbons (Fsp3) is 0.250. The van der Waals surface area contributed by atoms with Crippen LogP contribution in [0.25, 0.3) is 0 Å². The van der Waals surface area contributed by atoms with Gasteiger partial charge in [-0.05, 0) is 58.7 Å². The summed E-state index contributed by atoms with van der Waals surface area (Å²) in [5, 5.41) is 9.83. The van der Waals surface area contributed by atoms with E-state index < -0.39 is 0 Å². The highest BCUT2D eigenvalue weighted by Crippen LogP contribution is 2.35. The van der Waals surface area contributed by atoms with Gasteiger partial charge in [-0.1, -0.05) is 6.07 Å². The number of phenols is 1. The van der Waals surface area contributed by atoms with Crippen molar-refractivity contribution < 1.29 is 14.2 Å². The lowest BCUT2D eigenvalue weighted by atomic mass is 10.1. The molecule has 0 radical (unpaired) electrons. The summed E-state index contributed by atoms with van der Waals surface area (Å²) in [6.45, 7) is 3.34. The first-order valence-electron chi connectivity index (χ1n) is 6.61. The summed E-state index contributed by atoms with van der Waals surface area (Å²) in [6.07, 6.45) is 0. The van der Waals surface area contributed by atoms with E-state index in [0.717, 1.165) is 17.8 Å². The van der Waals surface area contributed by atoms with Gasteiger partial charge in [-0.15, -0.1) is 0 Å². The van der Waals surface area contributed by atoms with Crippen LogP contribution in [0.15, 0.2) is 40.9 Å². The highest BCUT2D eigenvalue weighted by atomic mass is 79.9. The van der Waals surface area contributed by atoms with Crippen molar-refractivity contribution in [2.24, 2.45) is 0 Å². The van der Waals surface area contributed by atoms with Crippen molar-refractivity contribution >= 4 is 21.6 Å². The zero-order chi connectivity index (χ0) is 15.4. The fourth-order valence-corrected chi connectivity index (χ4v) is 2.64. The maximum absolute atomic E-state index is 13.4. The first kappa shape index (κ1) is 15.6. The molecule has 0 bridgehead atoms. The van der Waals surface area contributed by atoms with Gasteiger partial charge in [-0.3, -0.25) is 0 Å². The molecule has 0 amide bonds. The molecule has 0 unspecified atom stereocenters. The van der Waals surface area contributed by atoms with Crippen molar-refractivity contribution in [3.8, 4) is 11.5 Å². The minimum Gasteiger partial charge on any atom is -0.503 e. The lowest BCUT2D eigenvalue weighted by Crippen LogP contribution is -2.22. The molecule has 0 saturated heterocycles. The van der Waals surface area contributed by atoms with Gasteiger partial charge < -0.3 is 14.7 Å². The molecule has 0 aliphatic rings. The molecule has 0 aliphatic carbocycles. The number of hydrogen-bond donors (Lipinski definition) is 1. The van der Waals surface area contributed by atoms with Crippen molar-refractivity contribution in [1.82, 2.24) is 0 Å². The first-order chi connectivity index (χ1) is 10.0. The number of methoxy groups -OCH3 is 1. The van der Waals surface area contributed by atoms with Gasteiger partial charge in [0.15, 0.2) is 11.5 Å². The number of benzene rings is 2. The summed E-state index contributed by atoms with van der Waals surface area (Å²) >= 11 is 3.31. The normalized spacial score (nSPS) is 10.5. The van der Waals surface area contributed by atoms with E-state index in [-0.39, 0.29) is 11.6 Å². The number of ether oxygens (including phenoxy) is 1. The molecule has 0 fully saturated rings. The smallest absolute Gasteiger partial charge is 0.172 e. The van der Waals surface area contributed by atoms with Gasteiger partial charge in [0.2, 0.25) is 0 Å². The second-order valence-corrected chi connectivity index (χ2v) is 5.48. The fourth-order valence-electron chi connectivity index (χ4n) is 2.15. The second kappa shape index (κ2) is 6.80. The van der Waals surface area contributed by atoms with Crippen LogP contribution in [-0.4, -0.2) is 18.8 Å². The van der Waals surface area contributed by atoms with Crippen LogP contribution in [0, 0.1) is 5.82 Å². The molecular formula is C16H17BrFNO2. The molecule has 0 aliphatic heterocycles. The van der Waals surface area contributed by atoms with Gasteiger partial charge in [-0.2, -0.15) is 0 Å². The first-order valence-corrected chi connectivity index (χ1v) is 7.40. The van der Waals surface area contributed by atoms with Crippen molar-refractivity contribution in [2.75, 3.05) is 18.6 Å². The van der Waals surface area contributed by atoms with Crippen LogP contribution in [0.1, 0.15) is 12.5 Å².